The Morgan fingerprint density at radius 2 is 1.66 bits per heavy atom. The van der Waals surface area contributed by atoms with Gasteiger partial charge in [0.15, 0.2) is 6.61 Å². The van der Waals surface area contributed by atoms with E-state index in [-0.39, 0.29) is 17.4 Å². The maximum atomic E-state index is 12.6. The third-order valence-corrected chi connectivity index (χ3v) is 6.69. The van der Waals surface area contributed by atoms with E-state index in [4.69, 9.17) is 4.74 Å². The van der Waals surface area contributed by atoms with Gasteiger partial charge >= 0.3 is 0 Å². The van der Waals surface area contributed by atoms with E-state index < -0.39 is 10.0 Å². The summed E-state index contributed by atoms with van der Waals surface area (Å²) in [5.74, 6) is 0.112. The predicted octanol–water partition coefficient (Wildman–Crippen LogP) is 5.45. The maximum Gasteiger partial charge on any atom is 0.262 e. The van der Waals surface area contributed by atoms with E-state index >= 15 is 0 Å². The van der Waals surface area contributed by atoms with Crippen LogP contribution in [0.1, 0.15) is 23.6 Å². The molecule has 0 radical (unpaired) electrons. The number of carbonyl (C=O) groups is 1. The molecule has 3 aromatic rings. The second kappa shape index (κ2) is 10.2. The topological polar surface area (TPSA) is 84.5 Å². The normalized spacial score (nSPS) is 11.1. The molecule has 0 saturated heterocycles. The van der Waals surface area contributed by atoms with Crippen LogP contribution >= 0.6 is 15.9 Å². The molecule has 0 unspecified atom stereocenters. The molecule has 0 heterocycles. The minimum atomic E-state index is -3.72. The van der Waals surface area contributed by atoms with Gasteiger partial charge in [-0.15, -0.1) is 0 Å². The first-order valence-corrected chi connectivity index (χ1v) is 12.4. The van der Waals surface area contributed by atoms with Crippen LogP contribution in [0.5, 0.6) is 5.75 Å². The lowest BCUT2D eigenvalue weighted by atomic mass is 10.1. The Balaban J connectivity index is 1.61. The van der Waals surface area contributed by atoms with Gasteiger partial charge in [0.25, 0.3) is 15.9 Å². The third-order valence-electron chi connectivity index (χ3n) is 4.84. The number of sulfonamides is 1. The number of aryl methyl sites for hydroxylation is 3. The van der Waals surface area contributed by atoms with Gasteiger partial charge in [-0.05, 0) is 79.9 Å². The van der Waals surface area contributed by atoms with Crippen LogP contribution in [0, 0.1) is 13.8 Å². The highest BCUT2D eigenvalue weighted by atomic mass is 79.9. The van der Waals surface area contributed by atoms with Crippen LogP contribution in [-0.2, 0) is 21.2 Å². The Bertz CT molecular complexity index is 1210. The molecule has 0 aliphatic heterocycles. The monoisotopic (exact) mass is 516 g/mol. The molecule has 0 aliphatic rings. The van der Waals surface area contributed by atoms with Crippen LogP contribution in [0.25, 0.3) is 0 Å². The van der Waals surface area contributed by atoms with Crippen molar-refractivity contribution in [3.63, 3.8) is 0 Å². The maximum absolute atomic E-state index is 12.6. The zero-order valence-electron chi connectivity index (χ0n) is 18.1. The number of carbonyl (C=O) groups excluding carboxylic acids is 1. The molecule has 0 saturated carbocycles. The van der Waals surface area contributed by atoms with E-state index in [0.29, 0.717) is 11.4 Å². The van der Waals surface area contributed by atoms with Gasteiger partial charge in [0.05, 0.1) is 4.90 Å². The van der Waals surface area contributed by atoms with Gasteiger partial charge < -0.3 is 10.1 Å². The van der Waals surface area contributed by atoms with Crippen molar-refractivity contribution in [2.24, 2.45) is 0 Å². The molecule has 0 spiro atoms. The van der Waals surface area contributed by atoms with Crippen LogP contribution < -0.4 is 14.8 Å². The van der Waals surface area contributed by atoms with Crippen LogP contribution in [0.4, 0.5) is 11.4 Å². The lowest BCUT2D eigenvalue weighted by Gasteiger charge is -2.14. The molecular formula is C24H25BrN2O4S. The summed E-state index contributed by atoms with van der Waals surface area (Å²) in [5.41, 5.74) is 4.30. The van der Waals surface area contributed by atoms with Crippen LogP contribution in [0.15, 0.2) is 70.0 Å². The lowest BCUT2D eigenvalue weighted by molar-refractivity contribution is -0.118. The smallest absolute Gasteiger partial charge is 0.262 e. The van der Waals surface area contributed by atoms with E-state index in [1.807, 2.05) is 45.0 Å². The highest BCUT2D eigenvalue weighted by molar-refractivity contribution is 9.10. The summed E-state index contributed by atoms with van der Waals surface area (Å²) in [6.07, 6.45) is 0.781. The van der Waals surface area contributed by atoms with E-state index in [9.17, 15) is 13.2 Å². The fourth-order valence-electron chi connectivity index (χ4n) is 3.15. The number of amides is 1. The van der Waals surface area contributed by atoms with E-state index in [0.717, 1.165) is 33.3 Å². The van der Waals surface area contributed by atoms with Gasteiger partial charge in [-0.3, -0.25) is 9.52 Å². The zero-order valence-corrected chi connectivity index (χ0v) is 20.5. The first kappa shape index (κ1) is 23.8. The minimum Gasteiger partial charge on any atom is -0.484 e. The molecule has 0 aliphatic carbocycles. The summed E-state index contributed by atoms with van der Waals surface area (Å²) in [5, 5.41) is 2.90. The number of hydrogen-bond acceptors (Lipinski definition) is 4. The molecule has 6 nitrogen and oxygen atoms in total. The van der Waals surface area contributed by atoms with Crippen molar-refractivity contribution in [3.05, 3.63) is 81.8 Å². The molecule has 8 heteroatoms. The second-order valence-corrected chi connectivity index (χ2v) is 9.99. The molecule has 2 N–H and O–H groups in total. The van der Waals surface area contributed by atoms with Crippen molar-refractivity contribution in [1.82, 2.24) is 0 Å². The zero-order chi connectivity index (χ0) is 23.3. The average Bonchev–Trinajstić information content (AvgIpc) is 2.75. The number of hydrogen-bond donors (Lipinski definition) is 2. The Morgan fingerprint density at radius 1 is 1.00 bits per heavy atom. The fraction of sp³-hybridized carbons (Fsp3) is 0.208. The Morgan fingerprint density at radius 3 is 2.28 bits per heavy atom. The van der Waals surface area contributed by atoms with Gasteiger partial charge in [-0.25, -0.2) is 8.42 Å². The van der Waals surface area contributed by atoms with Gasteiger partial charge in [-0.1, -0.05) is 40.5 Å². The molecule has 1 amide bonds. The first-order valence-electron chi connectivity index (χ1n) is 10.1. The van der Waals surface area contributed by atoms with Crippen LogP contribution in [-0.4, -0.2) is 20.9 Å². The standard InChI is InChI=1S/C24H25BrN2O4S/c1-4-18-14-19(25)13-17(3)24(18)26-23(28)15-31-21-9-11-22(12-10-21)32(29,30)27-20-7-5-16(2)6-8-20/h5-14,27H,4,15H2,1-3H3,(H,26,28). The molecule has 0 fully saturated rings. The number of ether oxygens (including phenoxy) is 1. The number of halogens is 1. The van der Waals surface area contributed by atoms with E-state index in [1.54, 1.807) is 12.1 Å². The largest absolute Gasteiger partial charge is 0.484 e. The summed E-state index contributed by atoms with van der Waals surface area (Å²) in [4.78, 5) is 12.5. The number of benzene rings is 3. The van der Waals surface area contributed by atoms with Gasteiger partial charge in [-0.2, -0.15) is 0 Å². The Kier molecular flexibility index (Phi) is 7.58. The van der Waals surface area contributed by atoms with Gasteiger partial charge in [0.1, 0.15) is 5.75 Å². The molecule has 32 heavy (non-hydrogen) atoms. The molecular weight excluding hydrogens is 492 g/mol. The molecule has 0 aromatic heterocycles. The highest BCUT2D eigenvalue weighted by Crippen LogP contribution is 2.26. The number of rotatable bonds is 8. The number of anilines is 2. The van der Waals surface area contributed by atoms with Crippen molar-refractivity contribution < 1.29 is 17.9 Å². The van der Waals surface area contributed by atoms with Crippen molar-refractivity contribution in [2.45, 2.75) is 32.1 Å². The van der Waals surface area contributed by atoms with E-state index in [2.05, 4.69) is 26.0 Å². The predicted molar refractivity (Wildman–Crippen MR) is 131 cm³/mol. The van der Waals surface area contributed by atoms with Crippen LogP contribution in [0.3, 0.4) is 0 Å². The second-order valence-electron chi connectivity index (χ2n) is 7.39. The van der Waals surface area contributed by atoms with Crippen molar-refractivity contribution in [1.29, 1.82) is 0 Å². The molecule has 3 aromatic carbocycles. The lowest BCUT2D eigenvalue weighted by Crippen LogP contribution is -2.21. The van der Waals surface area contributed by atoms with Crippen molar-refractivity contribution in [3.8, 4) is 5.75 Å². The Labute approximate surface area is 197 Å². The van der Waals surface area contributed by atoms with Crippen molar-refractivity contribution >= 4 is 43.2 Å². The van der Waals surface area contributed by atoms with Crippen molar-refractivity contribution in [2.75, 3.05) is 16.6 Å². The van der Waals surface area contributed by atoms with E-state index in [1.165, 1.54) is 24.3 Å². The summed E-state index contributed by atoms with van der Waals surface area (Å²) in [6, 6.07) is 16.9. The quantitative estimate of drug-likeness (QED) is 0.417. The van der Waals surface area contributed by atoms with Gasteiger partial charge in [0, 0.05) is 15.8 Å². The van der Waals surface area contributed by atoms with Gasteiger partial charge in [0.2, 0.25) is 0 Å². The summed E-state index contributed by atoms with van der Waals surface area (Å²) in [6.45, 7) is 5.70. The number of nitrogens with one attached hydrogen (secondary N) is 2. The summed E-state index contributed by atoms with van der Waals surface area (Å²) < 4.78 is 34.2. The molecule has 3 rings (SSSR count). The minimum absolute atomic E-state index is 0.105. The first-order chi connectivity index (χ1) is 15.2. The Hall–Kier alpha value is -2.84. The molecule has 168 valence electrons. The SMILES string of the molecule is CCc1cc(Br)cc(C)c1NC(=O)COc1ccc(S(=O)(=O)Nc2ccc(C)cc2)cc1. The van der Waals surface area contributed by atoms with Crippen LogP contribution in [0.2, 0.25) is 0 Å². The summed E-state index contributed by atoms with van der Waals surface area (Å²) in [7, 11) is -3.72. The average molecular weight is 517 g/mol. The fourth-order valence-corrected chi connectivity index (χ4v) is 4.82. The summed E-state index contributed by atoms with van der Waals surface area (Å²) >= 11 is 3.47. The molecule has 0 bridgehead atoms. The highest BCUT2D eigenvalue weighted by Gasteiger charge is 2.15. The third kappa shape index (κ3) is 6.11. The molecule has 0 atom stereocenters.